The van der Waals surface area contributed by atoms with Crippen molar-refractivity contribution in [3.05, 3.63) is 29.8 Å². The SMILES string of the molecule is CCCCCc1ccc(OCC(=O)NC(C)(C)C)cc1. The highest BCUT2D eigenvalue weighted by Gasteiger charge is 2.13. The molecule has 3 heteroatoms. The largest absolute Gasteiger partial charge is 0.484 e. The van der Waals surface area contributed by atoms with E-state index in [0.717, 1.165) is 12.2 Å². The smallest absolute Gasteiger partial charge is 0.258 e. The zero-order valence-electron chi connectivity index (χ0n) is 13.2. The van der Waals surface area contributed by atoms with E-state index in [4.69, 9.17) is 4.74 Å². The van der Waals surface area contributed by atoms with Crippen molar-refractivity contribution < 1.29 is 9.53 Å². The van der Waals surface area contributed by atoms with E-state index in [9.17, 15) is 4.79 Å². The summed E-state index contributed by atoms with van der Waals surface area (Å²) in [5.41, 5.74) is 1.11. The number of unbranched alkanes of at least 4 members (excludes halogenated alkanes) is 2. The van der Waals surface area contributed by atoms with Crippen LogP contribution in [0.2, 0.25) is 0 Å². The van der Waals surface area contributed by atoms with E-state index in [1.807, 2.05) is 32.9 Å². The summed E-state index contributed by atoms with van der Waals surface area (Å²) in [6, 6.07) is 8.02. The quantitative estimate of drug-likeness (QED) is 0.772. The van der Waals surface area contributed by atoms with Crippen molar-refractivity contribution in [2.45, 2.75) is 58.9 Å². The fraction of sp³-hybridized carbons (Fsp3) is 0.588. The van der Waals surface area contributed by atoms with Crippen LogP contribution < -0.4 is 10.1 Å². The van der Waals surface area contributed by atoms with Crippen LogP contribution in [0.3, 0.4) is 0 Å². The number of carbonyl (C=O) groups excluding carboxylic acids is 1. The fourth-order valence-electron chi connectivity index (χ4n) is 1.93. The lowest BCUT2D eigenvalue weighted by Crippen LogP contribution is -2.43. The number of hydrogen-bond acceptors (Lipinski definition) is 2. The van der Waals surface area contributed by atoms with E-state index < -0.39 is 0 Å². The standard InChI is InChI=1S/C17H27NO2/c1-5-6-7-8-14-9-11-15(12-10-14)20-13-16(19)18-17(2,3)4/h9-12H,5-8,13H2,1-4H3,(H,18,19). The minimum Gasteiger partial charge on any atom is -0.484 e. The lowest BCUT2D eigenvalue weighted by Gasteiger charge is -2.20. The highest BCUT2D eigenvalue weighted by Crippen LogP contribution is 2.14. The number of hydrogen-bond donors (Lipinski definition) is 1. The molecule has 1 aromatic rings. The number of nitrogens with one attached hydrogen (secondary N) is 1. The van der Waals surface area contributed by atoms with Crippen molar-refractivity contribution in [1.29, 1.82) is 0 Å². The van der Waals surface area contributed by atoms with Gasteiger partial charge in [-0.1, -0.05) is 31.9 Å². The van der Waals surface area contributed by atoms with Crippen molar-refractivity contribution in [3.8, 4) is 5.75 Å². The van der Waals surface area contributed by atoms with Crippen LogP contribution in [0.4, 0.5) is 0 Å². The lowest BCUT2D eigenvalue weighted by atomic mass is 10.1. The molecule has 0 saturated heterocycles. The van der Waals surface area contributed by atoms with Crippen LogP contribution in [0.5, 0.6) is 5.75 Å². The number of ether oxygens (including phenoxy) is 1. The van der Waals surface area contributed by atoms with Gasteiger partial charge in [0.15, 0.2) is 6.61 Å². The molecule has 1 rings (SSSR count). The molecule has 1 N–H and O–H groups in total. The average molecular weight is 277 g/mol. The Morgan fingerprint density at radius 2 is 1.80 bits per heavy atom. The second-order valence-electron chi connectivity index (χ2n) is 6.19. The molecule has 0 spiro atoms. The van der Waals surface area contributed by atoms with Gasteiger partial charge in [0.2, 0.25) is 0 Å². The Balaban J connectivity index is 2.36. The minimum absolute atomic E-state index is 0.0620. The molecule has 0 bridgehead atoms. The Bertz CT molecular complexity index is 404. The third-order valence-electron chi connectivity index (χ3n) is 2.88. The summed E-state index contributed by atoms with van der Waals surface area (Å²) in [6.07, 6.45) is 4.85. The number of amides is 1. The van der Waals surface area contributed by atoms with Crippen molar-refractivity contribution in [2.75, 3.05) is 6.61 Å². The molecular formula is C17H27NO2. The number of benzene rings is 1. The zero-order valence-corrected chi connectivity index (χ0v) is 13.2. The van der Waals surface area contributed by atoms with Crippen molar-refractivity contribution in [3.63, 3.8) is 0 Å². The first-order chi connectivity index (χ1) is 9.40. The van der Waals surface area contributed by atoms with Crippen LogP contribution in [-0.4, -0.2) is 18.1 Å². The Labute approximate surface area is 122 Å². The van der Waals surface area contributed by atoms with E-state index in [-0.39, 0.29) is 18.1 Å². The molecule has 0 radical (unpaired) electrons. The van der Waals surface area contributed by atoms with Crippen LogP contribution in [0.15, 0.2) is 24.3 Å². The highest BCUT2D eigenvalue weighted by molar-refractivity contribution is 5.78. The first-order valence-electron chi connectivity index (χ1n) is 7.43. The zero-order chi connectivity index (χ0) is 15.0. The Kier molecular flexibility index (Phi) is 6.56. The third-order valence-corrected chi connectivity index (χ3v) is 2.88. The van der Waals surface area contributed by atoms with E-state index in [1.165, 1.54) is 24.8 Å². The van der Waals surface area contributed by atoms with E-state index in [1.54, 1.807) is 0 Å². The first-order valence-corrected chi connectivity index (χ1v) is 7.43. The van der Waals surface area contributed by atoms with Crippen molar-refractivity contribution in [1.82, 2.24) is 5.32 Å². The van der Waals surface area contributed by atoms with Gasteiger partial charge in [-0.2, -0.15) is 0 Å². The topological polar surface area (TPSA) is 38.3 Å². The molecule has 0 aliphatic carbocycles. The molecule has 1 amide bonds. The van der Waals surface area contributed by atoms with Crippen LogP contribution in [0.25, 0.3) is 0 Å². The molecule has 3 nitrogen and oxygen atoms in total. The molecule has 1 aromatic carbocycles. The molecule has 0 atom stereocenters. The highest BCUT2D eigenvalue weighted by atomic mass is 16.5. The molecule has 0 aliphatic rings. The van der Waals surface area contributed by atoms with Crippen molar-refractivity contribution in [2.24, 2.45) is 0 Å². The first kappa shape index (κ1) is 16.5. The lowest BCUT2D eigenvalue weighted by molar-refractivity contribution is -0.124. The fourth-order valence-corrected chi connectivity index (χ4v) is 1.93. The van der Waals surface area contributed by atoms with Gasteiger partial charge in [-0.15, -0.1) is 0 Å². The Morgan fingerprint density at radius 1 is 1.15 bits per heavy atom. The molecule has 0 unspecified atom stereocenters. The third kappa shape index (κ3) is 7.17. The molecule has 0 saturated carbocycles. The summed E-state index contributed by atoms with van der Waals surface area (Å²) in [7, 11) is 0. The monoisotopic (exact) mass is 277 g/mol. The van der Waals surface area contributed by atoms with Gasteiger partial charge >= 0.3 is 0 Å². The van der Waals surface area contributed by atoms with E-state index in [0.29, 0.717) is 0 Å². The number of aryl methyl sites for hydroxylation is 1. The number of carbonyl (C=O) groups is 1. The summed E-state index contributed by atoms with van der Waals surface area (Å²) >= 11 is 0. The Hall–Kier alpha value is -1.51. The molecule has 0 fully saturated rings. The maximum absolute atomic E-state index is 11.6. The van der Waals surface area contributed by atoms with Gasteiger partial charge in [-0.25, -0.2) is 0 Å². The van der Waals surface area contributed by atoms with Gasteiger partial charge in [0, 0.05) is 5.54 Å². The van der Waals surface area contributed by atoms with E-state index >= 15 is 0 Å². The van der Waals surface area contributed by atoms with Crippen LogP contribution >= 0.6 is 0 Å². The maximum atomic E-state index is 11.6. The predicted molar refractivity (Wildman–Crippen MR) is 83.1 cm³/mol. The van der Waals surface area contributed by atoms with Crippen molar-refractivity contribution >= 4 is 5.91 Å². The molecule has 0 aliphatic heterocycles. The molecule has 0 aromatic heterocycles. The van der Waals surface area contributed by atoms with Gasteiger partial charge in [0.1, 0.15) is 5.75 Å². The van der Waals surface area contributed by atoms with Crippen LogP contribution in [0.1, 0.15) is 52.5 Å². The molecule has 112 valence electrons. The average Bonchev–Trinajstić information content (AvgIpc) is 2.36. The van der Waals surface area contributed by atoms with Gasteiger partial charge in [0.25, 0.3) is 5.91 Å². The second kappa shape index (κ2) is 7.93. The second-order valence-corrected chi connectivity index (χ2v) is 6.19. The summed E-state index contributed by atoms with van der Waals surface area (Å²) in [6.45, 7) is 8.13. The van der Waals surface area contributed by atoms with Gasteiger partial charge in [-0.3, -0.25) is 4.79 Å². The summed E-state index contributed by atoms with van der Waals surface area (Å²) in [4.78, 5) is 11.6. The molecular weight excluding hydrogens is 250 g/mol. The van der Waals surface area contributed by atoms with Gasteiger partial charge in [0.05, 0.1) is 0 Å². The number of rotatable bonds is 7. The van der Waals surface area contributed by atoms with Gasteiger partial charge in [-0.05, 0) is 51.3 Å². The summed E-state index contributed by atoms with van der Waals surface area (Å²) in [5.74, 6) is 0.651. The van der Waals surface area contributed by atoms with E-state index in [2.05, 4.69) is 24.4 Å². The van der Waals surface area contributed by atoms with Crippen LogP contribution in [-0.2, 0) is 11.2 Å². The predicted octanol–water partition coefficient (Wildman–Crippen LogP) is 3.71. The molecule has 0 heterocycles. The van der Waals surface area contributed by atoms with Crippen LogP contribution in [0, 0.1) is 0 Å². The normalized spacial score (nSPS) is 11.2. The summed E-state index contributed by atoms with van der Waals surface area (Å²) < 4.78 is 5.48. The maximum Gasteiger partial charge on any atom is 0.258 e. The minimum atomic E-state index is -0.219. The Morgan fingerprint density at radius 3 is 2.35 bits per heavy atom. The summed E-state index contributed by atoms with van der Waals surface area (Å²) in [5, 5.41) is 2.87. The van der Waals surface area contributed by atoms with Gasteiger partial charge < -0.3 is 10.1 Å². The molecule has 20 heavy (non-hydrogen) atoms.